The number of carbonyl (C=O) groups is 1. The maximum atomic E-state index is 11.5. The molecule has 1 fully saturated rings. The Balaban J connectivity index is 1.54. The van der Waals surface area contributed by atoms with Crippen LogP contribution >= 0.6 is 11.8 Å². The molecule has 2 atom stereocenters. The predicted molar refractivity (Wildman–Crippen MR) is 96.2 cm³/mol. The third kappa shape index (κ3) is 2.67. The lowest BCUT2D eigenvalue weighted by atomic mass is 9.90. The van der Waals surface area contributed by atoms with E-state index in [4.69, 9.17) is 4.99 Å². The molecule has 3 aliphatic rings. The van der Waals surface area contributed by atoms with Crippen LogP contribution in [-0.4, -0.2) is 28.1 Å². The molecule has 0 radical (unpaired) electrons. The topological polar surface area (TPSA) is 44.7 Å². The molecule has 1 saturated carbocycles. The molecule has 2 aliphatic heterocycles. The number of amides is 1. The molecular formula is C18H21N3OS. The van der Waals surface area contributed by atoms with Crippen LogP contribution in [0.15, 0.2) is 34.7 Å². The summed E-state index contributed by atoms with van der Waals surface area (Å²) in [4.78, 5) is 18.8. The van der Waals surface area contributed by atoms with Gasteiger partial charge in [0.2, 0.25) is 5.91 Å². The van der Waals surface area contributed by atoms with Gasteiger partial charge in [-0.05, 0) is 30.5 Å². The zero-order valence-corrected chi connectivity index (χ0v) is 14.1. The molecule has 1 aromatic rings. The van der Waals surface area contributed by atoms with E-state index in [0.29, 0.717) is 18.5 Å². The summed E-state index contributed by atoms with van der Waals surface area (Å²) < 4.78 is 0. The average molecular weight is 327 g/mol. The Morgan fingerprint density at radius 2 is 2.09 bits per heavy atom. The number of carbonyl (C=O) groups excluding carboxylic acids is 1. The minimum atomic E-state index is 0.0485. The number of benzene rings is 1. The highest BCUT2D eigenvalue weighted by Gasteiger charge is 2.41. The van der Waals surface area contributed by atoms with Crippen molar-refractivity contribution < 1.29 is 4.79 Å². The van der Waals surface area contributed by atoms with E-state index in [0.717, 1.165) is 5.69 Å². The highest BCUT2D eigenvalue weighted by atomic mass is 32.2. The first-order valence-corrected chi connectivity index (χ1v) is 9.28. The van der Waals surface area contributed by atoms with Crippen LogP contribution in [0.3, 0.4) is 0 Å². The van der Waals surface area contributed by atoms with Gasteiger partial charge in [0, 0.05) is 17.5 Å². The molecule has 0 bridgehead atoms. The van der Waals surface area contributed by atoms with E-state index in [1.165, 1.54) is 42.1 Å². The van der Waals surface area contributed by atoms with E-state index >= 15 is 0 Å². The molecular weight excluding hydrogens is 306 g/mol. The lowest BCUT2D eigenvalue weighted by molar-refractivity contribution is -0.115. The Morgan fingerprint density at radius 3 is 2.87 bits per heavy atom. The number of hydrogen-bond acceptors (Lipinski definition) is 4. The summed E-state index contributed by atoms with van der Waals surface area (Å²) in [6.07, 6.45) is 5.57. The van der Waals surface area contributed by atoms with Gasteiger partial charge in [-0.25, -0.2) is 0 Å². The van der Waals surface area contributed by atoms with Crippen LogP contribution in [0.5, 0.6) is 0 Å². The molecule has 23 heavy (non-hydrogen) atoms. The normalized spacial score (nSPS) is 25.5. The summed E-state index contributed by atoms with van der Waals surface area (Å²) in [7, 11) is 0. The second-order valence-electron chi connectivity index (χ2n) is 6.30. The minimum Gasteiger partial charge on any atom is -0.326 e. The third-order valence-electron chi connectivity index (χ3n) is 4.83. The molecule has 120 valence electrons. The van der Waals surface area contributed by atoms with Crippen molar-refractivity contribution in [3.63, 3.8) is 0 Å². The van der Waals surface area contributed by atoms with Crippen molar-refractivity contribution in [3.05, 3.63) is 35.2 Å². The fourth-order valence-electron chi connectivity index (χ4n) is 3.60. The molecule has 2 heterocycles. The van der Waals surface area contributed by atoms with Crippen molar-refractivity contribution in [2.45, 2.75) is 51.1 Å². The van der Waals surface area contributed by atoms with Gasteiger partial charge >= 0.3 is 0 Å². The van der Waals surface area contributed by atoms with E-state index < -0.39 is 0 Å². The Kier molecular flexibility index (Phi) is 3.89. The van der Waals surface area contributed by atoms with E-state index in [-0.39, 0.29) is 5.91 Å². The summed E-state index contributed by atoms with van der Waals surface area (Å²) in [5, 5.41) is 6.28. The van der Waals surface area contributed by atoms with Gasteiger partial charge in [-0.1, -0.05) is 43.7 Å². The number of amidine groups is 1. The van der Waals surface area contributed by atoms with Crippen molar-refractivity contribution in [2.24, 2.45) is 4.99 Å². The van der Waals surface area contributed by atoms with Gasteiger partial charge in [-0.15, -0.1) is 0 Å². The van der Waals surface area contributed by atoms with E-state index in [1.54, 1.807) is 11.8 Å². The second-order valence-corrected chi connectivity index (χ2v) is 7.14. The number of fused-ring (bicyclic) bond motifs is 3. The van der Waals surface area contributed by atoms with Gasteiger partial charge in [-0.3, -0.25) is 9.79 Å². The average Bonchev–Trinajstić information content (AvgIpc) is 3.14. The summed E-state index contributed by atoms with van der Waals surface area (Å²) in [5.41, 5.74) is 3.32. The van der Waals surface area contributed by atoms with Gasteiger partial charge in [0.1, 0.15) is 0 Å². The van der Waals surface area contributed by atoms with Crippen molar-refractivity contribution in [1.82, 2.24) is 4.90 Å². The first kappa shape index (κ1) is 14.8. The number of hydrogen-bond donors (Lipinski definition) is 1. The van der Waals surface area contributed by atoms with Crippen molar-refractivity contribution >= 4 is 34.2 Å². The van der Waals surface area contributed by atoms with Gasteiger partial charge in [0.25, 0.3) is 0 Å². The van der Waals surface area contributed by atoms with E-state index in [1.807, 2.05) is 19.1 Å². The summed E-state index contributed by atoms with van der Waals surface area (Å²) in [6, 6.07) is 9.18. The van der Waals surface area contributed by atoms with Crippen LogP contribution in [0.1, 0.15) is 44.6 Å². The minimum absolute atomic E-state index is 0.0485. The maximum absolute atomic E-state index is 11.5. The van der Waals surface area contributed by atoms with Crippen LogP contribution < -0.4 is 5.32 Å². The maximum Gasteiger partial charge on any atom is 0.224 e. The summed E-state index contributed by atoms with van der Waals surface area (Å²) >= 11 is 1.74. The molecule has 0 unspecified atom stereocenters. The lowest BCUT2D eigenvalue weighted by Crippen LogP contribution is -2.38. The Morgan fingerprint density at radius 1 is 1.30 bits per heavy atom. The molecule has 0 spiro atoms. The molecule has 4 nitrogen and oxygen atoms in total. The fourth-order valence-corrected chi connectivity index (χ4v) is 4.61. The van der Waals surface area contributed by atoms with Gasteiger partial charge in [0.05, 0.1) is 17.8 Å². The van der Waals surface area contributed by atoms with Gasteiger partial charge in [-0.2, -0.15) is 0 Å². The van der Waals surface area contributed by atoms with Crippen LogP contribution in [-0.2, 0) is 4.79 Å². The lowest BCUT2D eigenvalue weighted by Gasteiger charge is -2.32. The number of nitrogens with one attached hydrogen (secondary N) is 1. The highest BCUT2D eigenvalue weighted by Crippen LogP contribution is 2.44. The smallest absolute Gasteiger partial charge is 0.224 e. The van der Waals surface area contributed by atoms with Crippen LogP contribution in [0.4, 0.5) is 5.69 Å². The predicted octanol–water partition coefficient (Wildman–Crippen LogP) is 4.06. The molecule has 0 saturated heterocycles. The fraction of sp³-hybridized carbons (Fsp3) is 0.444. The molecule has 1 N–H and O–H groups in total. The van der Waals surface area contributed by atoms with Crippen molar-refractivity contribution in [2.75, 3.05) is 5.32 Å². The SMILES string of the molecule is CCC(=O)Nc1ccc(C2=CSC3=N[C@@H]4CCCC[C@H]4N23)cc1. The first-order valence-electron chi connectivity index (χ1n) is 8.40. The number of thioether (sulfide) groups is 1. The molecule has 1 aromatic carbocycles. The quantitative estimate of drug-likeness (QED) is 0.910. The zero-order chi connectivity index (χ0) is 15.8. The second kappa shape index (κ2) is 6.04. The Hall–Kier alpha value is -1.75. The first-order chi connectivity index (χ1) is 11.3. The van der Waals surface area contributed by atoms with E-state index in [9.17, 15) is 4.79 Å². The Labute approximate surface area is 141 Å². The van der Waals surface area contributed by atoms with Crippen molar-refractivity contribution in [1.29, 1.82) is 0 Å². The summed E-state index contributed by atoms with van der Waals surface area (Å²) in [5.74, 6) is 0.0485. The summed E-state index contributed by atoms with van der Waals surface area (Å²) in [6.45, 7) is 1.86. The number of nitrogens with zero attached hydrogens (tertiary/aromatic N) is 2. The van der Waals surface area contributed by atoms with Crippen LogP contribution in [0.2, 0.25) is 0 Å². The number of aliphatic imine (C=N–C) groups is 1. The van der Waals surface area contributed by atoms with Gasteiger partial charge in [0.15, 0.2) is 5.17 Å². The van der Waals surface area contributed by atoms with Crippen molar-refractivity contribution in [3.8, 4) is 0 Å². The standard InChI is InChI=1S/C18H21N3OS/c1-2-17(22)19-13-9-7-12(8-10-13)16-11-23-18-20-14-5-3-4-6-15(14)21(16)18/h7-11,14-15H,2-6H2,1H3,(H,19,22)/t14-,15-/m1/s1. The highest BCUT2D eigenvalue weighted by molar-refractivity contribution is 8.16. The van der Waals surface area contributed by atoms with Gasteiger partial charge < -0.3 is 10.2 Å². The van der Waals surface area contributed by atoms with Crippen LogP contribution in [0, 0.1) is 0 Å². The molecule has 1 amide bonds. The monoisotopic (exact) mass is 327 g/mol. The molecule has 4 rings (SSSR count). The number of rotatable bonds is 3. The third-order valence-corrected chi connectivity index (χ3v) is 5.68. The zero-order valence-electron chi connectivity index (χ0n) is 13.3. The molecule has 0 aromatic heterocycles. The largest absolute Gasteiger partial charge is 0.326 e. The van der Waals surface area contributed by atoms with Crippen LogP contribution in [0.25, 0.3) is 5.70 Å². The molecule has 1 aliphatic carbocycles. The number of anilines is 1. The Bertz CT molecular complexity index is 680. The van der Waals surface area contributed by atoms with E-state index in [2.05, 4.69) is 27.8 Å². The molecule has 5 heteroatoms.